The van der Waals surface area contributed by atoms with Crippen molar-refractivity contribution in [1.29, 1.82) is 0 Å². The average Bonchev–Trinajstić information content (AvgIpc) is 2.81. The highest BCUT2D eigenvalue weighted by Crippen LogP contribution is 2.23. The topological polar surface area (TPSA) is 114 Å². The number of carbonyl (C=O) groups is 4. The van der Waals surface area contributed by atoms with E-state index in [4.69, 9.17) is 16.3 Å². The van der Waals surface area contributed by atoms with Crippen LogP contribution in [0.25, 0.3) is 10.8 Å². The fourth-order valence-electron chi connectivity index (χ4n) is 3.03. The minimum Gasteiger partial charge on any atom is -0.455 e. The quantitative estimate of drug-likeness (QED) is 0.346. The Balaban J connectivity index is 1.34. The third-order valence-corrected chi connectivity index (χ3v) is 4.98. The molecule has 0 fully saturated rings. The van der Waals surface area contributed by atoms with Crippen LogP contribution in [0.2, 0.25) is 5.02 Å². The molecule has 0 aromatic heterocycles. The van der Waals surface area contributed by atoms with E-state index >= 15 is 0 Å². The number of nitrogens with one attached hydrogen (secondary N) is 3. The van der Waals surface area contributed by atoms with Crippen LogP contribution in [0.15, 0.2) is 66.7 Å². The molecular weight excluding hydrogens is 446 g/mol. The SMILES string of the molecule is O=C(COC(=O)CCCC(=O)Nc1cccc2ccccc12)NNC(=O)c1ccccc1Cl. The molecule has 0 aliphatic carbocycles. The van der Waals surface area contributed by atoms with Gasteiger partial charge in [0.1, 0.15) is 0 Å². The van der Waals surface area contributed by atoms with Gasteiger partial charge in [-0.25, -0.2) is 0 Å². The molecule has 0 saturated carbocycles. The Morgan fingerprint density at radius 3 is 2.33 bits per heavy atom. The predicted molar refractivity (Wildman–Crippen MR) is 124 cm³/mol. The highest BCUT2D eigenvalue weighted by atomic mass is 35.5. The fourth-order valence-corrected chi connectivity index (χ4v) is 3.26. The average molecular weight is 468 g/mol. The van der Waals surface area contributed by atoms with Gasteiger partial charge in [-0.15, -0.1) is 0 Å². The second-order valence-corrected chi connectivity index (χ2v) is 7.48. The van der Waals surface area contributed by atoms with E-state index in [1.54, 1.807) is 18.2 Å². The molecule has 0 saturated heterocycles. The van der Waals surface area contributed by atoms with Crippen molar-refractivity contribution in [3.05, 3.63) is 77.3 Å². The van der Waals surface area contributed by atoms with E-state index in [1.165, 1.54) is 6.07 Å². The lowest BCUT2D eigenvalue weighted by molar-refractivity contribution is -0.148. The lowest BCUT2D eigenvalue weighted by atomic mass is 10.1. The number of hydrazine groups is 1. The highest BCUT2D eigenvalue weighted by Gasteiger charge is 2.13. The Hall–Kier alpha value is -3.91. The molecule has 0 spiro atoms. The van der Waals surface area contributed by atoms with Gasteiger partial charge < -0.3 is 10.1 Å². The number of benzene rings is 3. The van der Waals surface area contributed by atoms with Gasteiger partial charge in [0, 0.05) is 23.9 Å². The van der Waals surface area contributed by atoms with Crippen LogP contribution in [-0.4, -0.2) is 30.3 Å². The minimum absolute atomic E-state index is 0.0256. The Labute approximate surface area is 195 Å². The number of carbonyl (C=O) groups excluding carboxylic acids is 4. The van der Waals surface area contributed by atoms with Crippen LogP contribution in [0.1, 0.15) is 29.6 Å². The van der Waals surface area contributed by atoms with Gasteiger partial charge >= 0.3 is 5.97 Å². The molecule has 3 aromatic carbocycles. The van der Waals surface area contributed by atoms with E-state index in [1.807, 2.05) is 42.5 Å². The van der Waals surface area contributed by atoms with Gasteiger partial charge in [-0.3, -0.25) is 30.0 Å². The molecule has 0 unspecified atom stereocenters. The summed E-state index contributed by atoms with van der Waals surface area (Å²) in [4.78, 5) is 47.8. The van der Waals surface area contributed by atoms with Crippen molar-refractivity contribution in [2.75, 3.05) is 11.9 Å². The second kappa shape index (κ2) is 11.6. The summed E-state index contributed by atoms with van der Waals surface area (Å²) in [5, 5.41) is 5.03. The van der Waals surface area contributed by atoms with Crippen molar-refractivity contribution < 1.29 is 23.9 Å². The third kappa shape index (κ3) is 7.05. The van der Waals surface area contributed by atoms with Crippen molar-refractivity contribution in [2.45, 2.75) is 19.3 Å². The maximum absolute atomic E-state index is 12.2. The molecule has 33 heavy (non-hydrogen) atoms. The molecule has 3 N–H and O–H groups in total. The Bertz CT molecular complexity index is 1180. The summed E-state index contributed by atoms with van der Waals surface area (Å²) in [6.45, 7) is -0.566. The number of amides is 3. The van der Waals surface area contributed by atoms with Crippen molar-refractivity contribution >= 4 is 51.8 Å². The van der Waals surface area contributed by atoms with Crippen LogP contribution >= 0.6 is 11.6 Å². The molecule has 3 rings (SSSR count). The van der Waals surface area contributed by atoms with Crippen LogP contribution in [-0.2, 0) is 19.1 Å². The van der Waals surface area contributed by atoms with E-state index in [9.17, 15) is 19.2 Å². The van der Waals surface area contributed by atoms with E-state index in [0.29, 0.717) is 5.69 Å². The number of hydrogen-bond donors (Lipinski definition) is 3. The summed E-state index contributed by atoms with van der Waals surface area (Å²) in [5.74, 6) is -2.16. The Morgan fingerprint density at radius 1 is 0.788 bits per heavy atom. The van der Waals surface area contributed by atoms with Crippen LogP contribution in [0.3, 0.4) is 0 Å². The normalized spacial score (nSPS) is 10.3. The molecule has 3 aromatic rings. The molecule has 0 bridgehead atoms. The second-order valence-electron chi connectivity index (χ2n) is 7.07. The largest absolute Gasteiger partial charge is 0.455 e. The zero-order chi connectivity index (χ0) is 23.6. The van der Waals surface area contributed by atoms with Crippen LogP contribution in [0.4, 0.5) is 5.69 Å². The maximum atomic E-state index is 12.2. The van der Waals surface area contributed by atoms with E-state index in [0.717, 1.165) is 10.8 Å². The van der Waals surface area contributed by atoms with Crippen LogP contribution < -0.4 is 16.2 Å². The lowest BCUT2D eigenvalue weighted by Gasteiger charge is -2.09. The van der Waals surface area contributed by atoms with Crippen molar-refractivity contribution in [1.82, 2.24) is 10.9 Å². The maximum Gasteiger partial charge on any atom is 0.306 e. The van der Waals surface area contributed by atoms with E-state index in [-0.39, 0.29) is 35.8 Å². The lowest BCUT2D eigenvalue weighted by Crippen LogP contribution is -2.43. The van der Waals surface area contributed by atoms with Gasteiger partial charge in [-0.2, -0.15) is 0 Å². The minimum atomic E-state index is -0.711. The van der Waals surface area contributed by atoms with E-state index in [2.05, 4.69) is 16.2 Å². The van der Waals surface area contributed by atoms with Crippen LogP contribution in [0.5, 0.6) is 0 Å². The molecule has 3 amide bonds. The molecule has 170 valence electrons. The monoisotopic (exact) mass is 467 g/mol. The summed E-state index contributed by atoms with van der Waals surface area (Å²) in [7, 11) is 0. The summed E-state index contributed by atoms with van der Waals surface area (Å²) in [5.41, 5.74) is 5.23. The standard InChI is InChI=1S/C24H22ClN3O5/c25-19-11-4-3-10-18(19)24(32)28-27-22(30)15-33-23(31)14-6-13-21(29)26-20-12-5-8-16-7-1-2-9-17(16)20/h1-5,7-12H,6,13-15H2,(H,26,29)(H,27,30)(H,28,32). The summed E-state index contributed by atoms with van der Waals surface area (Å²) in [6, 6.07) is 19.7. The predicted octanol–water partition coefficient (Wildman–Crippen LogP) is 3.61. The molecule has 0 atom stereocenters. The fraction of sp³-hybridized carbons (Fsp3) is 0.167. The first kappa shape index (κ1) is 23.7. The third-order valence-electron chi connectivity index (χ3n) is 4.65. The molecule has 0 radical (unpaired) electrons. The van der Waals surface area contributed by atoms with Crippen molar-refractivity contribution in [2.24, 2.45) is 0 Å². The Kier molecular flexibility index (Phi) is 8.37. The van der Waals surface area contributed by atoms with Gasteiger partial charge in [0.25, 0.3) is 11.8 Å². The molecule has 9 heteroatoms. The van der Waals surface area contributed by atoms with Gasteiger partial charge in [-0.1, -0.05) is 60.1 Å². The first-order chi connectivity index (χ1) is 15.9. The molecule has 8 nitrogen and oxygen atoms in total. The Morgan fingerprint density at radius 2 is 1.52 bits per heavy atom. The summed E-state index contributed by atoms with van der Waals surface area (Å²) in [6.07, 6.45) is 0.362. The van der Waals surface area contributed by atoms with Crippen molar-refractivity contribution in [3.8, 4) is 0 Å². The highest BCUT2D eigenvalue weighted by molar-refractivity contribution is 6.33. The number of ether oxygens (including phenoxy) is 1. The van der Waals surface area contributed by atoms with Gasteiger partial charge in [0.15, 0.2) is 6.61 Å². The first-order valence-corrected chi connectivity index (χ1v) is 10.6. The van der Waals surface area contributed by atoms with E-state index < -0.39 is 24.4 Å². The van der Waals surface area contributed by atoms with Gasteiger partial charge in [-0.05, 0) is 30.0 Å². The number of anilines is 1. The number of halogens is 1. The number of fused-ring (bicyclic) bond motifs is 1. The molecule has 0 aliphatic rings. The summed E-state index contributed by atoms with van der Waals surface area (Å²) >= 11 is 5.91. The van der Waals surface area contributed by atoms with Gasteiger partial charge in [0.05, 0.1) is 10.6 Å². The molecule has 0 aliphatic heterocycles. The zero-order valence-corrected chi connectivity index (χ0v) is 18.4. The van der Waals surface area contributed by atoms with Crippen LogP contribution in [0, 0.1) is 0 Å². The summed E-state index contributed by atoms with van der Waals surface area (Å²) < 4.78 is 4.86. The first-order valence-electron chi connectivity index (χ1n) is 10.2. The molecule has 0 heterocycles. The van der Waals surface area contributed by atoms with Crippen molar-refractivity contribution in [3.63, 3.8) is 0 Å². The smallest absolute Gasteiger partial charge is 0.306 e. The zero-order valence-electron chi connectivity index (χ0n) is 17.6. The van der Waals surface area contributed by atoms with Gasteiger partial charge in [0.2, 0.25) is 5.91 Å². The molecular formula is C24H22ClN3O5. The number of esters is 1. The number of rotatable bonds is 8. The number of hydrogen-bond acceptors (Lipinski definition) is 5.